The van der Waals surface area contributed by atoms with Crippen molar-refractivity contribution in [3.8, 4) is 11.5 Å². The van der Waals surface area contributed by atoms with E-state index in [1.54, 1.807) is 0 Å². The van der Waals surface area contributed by atoms with Gasteiger partial charge in [0.1, 0.15) is 11.7 Å². The van der Waals surface area contributed by atoms with Gasteiger partial charge in [-0.05, 0) is 96.4 Å². The van der Waals surface area contributed by atoms with Crippen molar-refractivity contribution in [3.05, 3.63) is 23.3 Å². The molecule has 36 heavy (non-hydrogen) atoms. The average molecular weight is 499 g/mol. The number of likely N-dealkylation sites (tertiary alicyclic amines) is 1. The van der Waals surface area contributed by atoms with Crippen molar-refractivity contribution in [3.63, 3.8) is 0 Å². The van der Waals surface area contributed by atoms with E-state index in [-0.39, 0.29) is 34.9 Å². The van der Waals surface area contributed by atoms with Crippen molar-refractivity contribution in [2.75, 3.05) is 26.7 Å². The number of phenols is 1. The number of nitrogens with one attached hydrogen (secondary N) is 1. The largest absolute Gasteiger partial charge is 0.504 e. The molecule has 198 valence electrons. The summed E-state index contributed by atoms with van der Waals surface area (Å²) in [5.74, 6) is 1.60. The van der Waals surface area contributed by atoms with Crippen molar-refractivity contribution in [2.45, 2.75) is 107 Å². The van der Waals surface area contributed by atoms with Crippen LogP contribution in [0.1, 0.15) is 76.8 Å². The minimum Gasteiger partial charge on any atom is -0.504 e. The quantitative estimate of drug-likeness (QED) is 0.418. The number of carbonyl (C=O) groups excluding carboxylic acids is 1. The highest BCUT2D eigenvalue weighted by Crippen LogP contribution is 2.66. The van der Waals surface area contributed by atoms with Crippen LogP contribution < -0.4 is 10.1 Å². The fraction of sp³-hybridized carbons (Fsp3) is 0.759. The summed E-state index contributed by atoms with van der Waals surface area (Å²) in [6, 6.07) is 4.40. The number of esters is 1. The van der Waals surface area contributed by atoms with Crippen molar-refractivity contribution in [2.24, 2.45) is 5.92 Å². The van der Waals surface area contributed by atoms with Crippen LogP contribution in [0.2, 0.25) is 0 Å². The minimum atomic E-state index is -0.453. The molecule has 3 fully saturated rings. The van der Waals surface area contributed by atoms with E-state index in [2.05, 4.69) is 16.3 Å². The number of rotatable bonds is 8. The number of nitrogens with zero attached hydrogens (tertiary/aromatic N) is 1. The number of carbonyl (C=O) groups is 1. The molecule has 5 atom stereocenters. The Kier molecular flexibility index (Phi) is 5.86. The van der Waals surface area contributed by atoms with Crippen LogP contribution in [0.4, 0.5) is 0 Å². The fourth-order valence-electron chi connectivity index (χ4n) is 7.99. The van der Waals surface area contributed by atoms with Crippen molar-refractivity contribution in [1.29, 1.82) is 0 Å². The third-order valence-electron chi connectivity index (χ3n) is 9.47. The molecule has 2 saturated carbocycles. The Hall–Kier alpha value is -1.83. The first-order valence-corrected chi connectivity index (χ1v) is 13.9. The zero-order chi connectivity index (χ0) is 25.3. The normalized spacial score (nSPS) is 34.7. The lowest BCUT2D eigenvalue weighted by Gasteiger charge is -2.65. The first kappa shape index (κ1) is 24.5. The molecule has 1 saturated heterocycles. The Morgan fingerprint density at radius 2 is 2.06 bits per heavy atom. The molecule has 2 N–H and O–H groups in total. The van der Waals surface area contributed by atoms with E-state index in [1.165, 1.54) is 30.5 Å². The molecule has 3 aliphatic carbocycles. The molecular formula is C29H42N2O5. The van der Waals surface area contributed by atoms with E-state index in [1.807, 2.05) is 33.9 Å². The molecule has 1 aromatic rings. The molecule has 2 bridgehead atoms. The van der Waals surface area contributed by atoms with Gasteiger partial charge in [0, 0.05) is 37.7 Å². The molecule has 6 rings (SSSR count). The van der Waals surface area contributed by atoms with Gasteiger partial charge in [-0.3, -0.25) is 9.69 Å². The predicted octanol–water partition coefficient (Wildman–Crippen LogP) is 3.69. The van der Waals surface area contributed by atoms with Crippen molar-refractivity contribution in [1.82, 2.24) is 10.2 Å². The highest BCUT2D eigenvalue weighted by molar-refractivity contribution is 5.69. The number of phenolic OH excluding ortho intramolecular Hbond substituents is 1. The highest BCUT2D eigenvalue weighted by Gasteiger charge is 2.73. The summed E-state index contributed by atoms with van der Waals surface area (Å²) in [7, 11) is 1.90. The summed E-state index contributed by atoms with van der Waals surface area (Å²) in [6.07, 6.45) is 7.58. The summed E-state index contributed by atoms with van der Waals surface area (Å²) in [5, 5.41) is 14.6. The van der Waals surface area contributed by atoms with Gasteiger partial charge in [0.25, 0.3) is 0 Å². The second-order valence-electron chi connectivity index (χ2n) is 12.7. The first-order valence-electron chi connectivity index (χ1n) is 13.9. The first-order chi connectivity index (χ1) is 17.2. The number of piperidine rings is 1. The summed E-state index contributed by atoms with van der Waals surface area (Å²) in [4.78, 5) is 14.9. The molecule has 2 aliphatic heterocycles. The van der Waals surface area contributed by atoms with Crippen LogP contribution in [-0.2, 0) is 26.1 Å². The zero-order valence-corrected chi connectivity index (χ0v) is 22.3. The molecular weight excluding hydrogens is 456 g/mol. The van der Waals surface area contributed by atoms with E-state index in [4.69, 9.17) is 14.2 Å². The molecule has 1 spiro atoms. The summed E-state index contributed by atoms with van der Waals surface area (Å²) < 4.78 is 18.8. The molecule has 0 aromatic heterocycles. The van der Waals surface area contributed by atoms with Crippen molar-refractivity contribution >= 4 is 5.97 Å². The lowest BCUT2D eigenvalue weighted by Crippen LogP contribution is -2.78. The summed E-state index contributed by atoms with van der Waals surface area (Å²) in [5.41, 5.74) is 1.48. The standard InChI is InChI=1S/C29H42N2O5/c1-27(2,3)36-23(33)6-5-14-30-20-11-12-29(34-4)22-16-19-9-10-21(32)25-24(19)28(29,26(20)35-25)13-15-31(22)17-18-7-8-18/h9-10,18,20,22,26,30,32H,5-8,11-17H2,1-4H3/t20-,22?,26-,28?,29+/m0/s1. The molecule has 5 aliphatic rings. The second-order valence-corrected chi connectivity index (χ2v) is 12.7. The van der Waals surface area contributed by atoms with Gasteiger partial charge >= 0.3 is 5.97 Å². The van der Waals surface area contributed by atoms with Crippen LogP contribution >= 0.6 is 0 Å². The van der Waals surface area contributed by atoms with Gasteiger partial charge in [-0.1, -0.05) is 6.07 Å². The number of hydrogen-bond donors (Lipinski definition) is 2. The molecule has 7 heteroatoms. The van der Waals surface area contributed by atoms with Crippen LogP contribution in [0, 0.1) is 5.92 Å². The fourth-order valence-corrected chi connectivity index (χ4v) is 7.99. The van der Waals surface area contributed by atoms with Gasteiger partial charge < -0.3 is 24.6 Å². The minimum absolute atomic E-state index is 0.0966. The Morgan fingerprint density at radius 3 is 2.78 bits per heavy atom. The Balaban J connectivity index is 1.26. The Bertz CT molecular complexity index is 1030. The molecule has 0 radical (unpaired) electrons. The van der Waals surface area contributed by atoms with Crippen LogP contribution in [-0.4, -0.2) is 72.1 Å². The van der Waals surface area contributed by atoms with E-state index >= 15 is 0 Å². The van der Waals surface area contributed by atoms with E-state index < -0.39 is 5.60 Å². The maximum Gasteiger partial charge on any atom is 0.306 e. The van der Waals surface area contributed by atoms with Crippen molar-refractivity contribution < 1.29 is 24.1 Å². The van der Waals surface area contributed by atoms with Gasteiger partial charge in [0.15, 0.2) is 11.5 Å². The predicted molar refractivity (Wildman–Crippen MR) is 136 cm³/mol. The molecule has 2 unspecified atom stereocenters. The van der Waals surface area contributed by atoms with Gasteiger partial charge in [-0.25, -0.2) is 0 Å². The second kappa shape index (κ2) is 8.60. The zero-order valence-electron chi connectivity index (χ0n) is 22.3. The van der Waals surface area contributed by atoms with E-state index in [0.29, 0.717) is 18.2 Å². The number of ether oxygens (including phenoxy) is 3. The van der Waals surface area contributed by atoms with E-state index in [9.17, 15) is 9.90 Å². The molecule has 2 heterocycles. The van der Waals surface area contributed by atoms with Gasteiger partial charge in [0.05, 0.1) is 11.0 Å². The number of aromatic hydroxyl groups is 1. The molecule has 1 aromatic carbocycles. The average Bonchev–Trinajstić information content (AvgIpc) is 3.56. The van der Waals surface area contributed by atoms with Crippen LogP contribution in [0.25, 0.3) is 0 Å². The SMILES string of the molecule is CO[C@@]12CC[C@H](NCCCC(=O)OC(C)(C)C)[C@@H]3Oc4c(O)ccc5c4C31CCN(CC1CC1)C2C5. The third kappa shape index (κ3) is 3.68. The van der Waals surface area contributed by atoms with E-state index in [0.717, 1.165) is 51.1 Å². The summed E-state index contributed by atoms with van der Waals surface area (Å²) >= 11 is 0. The van der Waals surface area contributed by atoms with Gasteiger partial charge in [-0.2, -0.15) is 0 Å². The Morgan fingerprint density at radius 1 is 1.25 bits per heavy atom. The lowest BCUT2D eigenvalue weighted by molar-refractivity contribution is -0.207. The lowest BCUT2D eigenvalue weighted by atomic mass is 9.48. The number of benzene rings is 1. The molecule has 7 nitrogen and oxygen atoms in total. The number of hydrogen-bond acceptors (Lipinski definition) is 7. The highest BCUT2D eigenvalue weighted by atomic mass is 16.6. The topological polar surface area (TPSA) is 80.3 Å². The van der Waals surface area contributed by atoms with Crippen LogP contribution in [0.15, 0.2) is 12.1 Å². The monoisotopic (exact) mass is 498 g/mol. The van der Waals surface area contributed by atoms with Gasteiger partial charge in [0.2, 0.25) is 0 Å². The molecule has 0 amide bonds. The smallest absolute Gasteiger partial charge is 0.306 e. The van der Waals surface area contributed by atoms with Crippen LogP contribution in [0.3, 0.4) is 0 Å². The van der Waals surface area contributed by atoms with Gasteiger partial charge in [-0.15, -0.1) is 0 Å². The number of methoxy groups -OCH3 is 1. The Labute approximate surface area is 214 Å². The maximum atomic E-state index is 12.2. The summed E-state index contributed by atoms with van der Waals surface area (Å²) in [6.45, 7) is 8.65. The van der Waals surface area contributed by atoms with Crippen LogP contribution in [0.5, 0.6) is 11.5 Å². The third-order valence-corrected chi connectivity index (χ3v) is 9.47. The maximum absolute atomic E-state index is 12.2.